The summed E-state index contributed by atoms with van der Waals surface area (Å²) >= 11 is 5.04. The van der Waals surface area contributed by atoms with Crippen LogP contribution in [0.3, 0.4) is 0 Å². The van der Waals surface area contributed by atoms with Gasteiger partial charge < -0.3 is 19.7 Å². The zero-order valence-corrected chi connectivity index (χ0v) is 8.99. The molecule has 1 fully saturated rings. The Hall–Kier alpha value is -0.430. The number of hydrogen-bond acceptors (Lipinski definition) is 4. The Morgan fingerprint density at radius 2 is 2.27 bits per heavy atom. The third-order valence-electron chi connectivity index (χ3n) is 2.04. The van der Waals surface area contributed by atoms with Crippen molar-refractivity contribution in [1.29, 1.82) is 0 Å². The molecular formula is C8H12ClFO5. The summed E-state index contributed by atoms with van der Waals surface area (Å²) in [4.78, 5) is 10.4. The molecule has 1 aliphatic heterocycles. The van der Waals surface area contributed by atoms with Gasteiger partial charge in [0.05, 0.1) is 6.61 Å². The molecule has 3 atom stereocenters. The number of alkyl halides is 2. The number of ether oxygens (including phenoxy) is 2. The molecule has 1 aliphatic rings. The summed E-state index contributed by atoms with van der Waals surface area (Å²) in [7, 11) is 0. The van der Waals surface area contributed by atoms with Crippen LogP contribution < -0.4 is 0 Å². The molecule has 0 radical (unpaired) electrons. The highest BCUT2D eigenvalue weighted by Crippen LogP contribution is 2.32. The Bertz CT molecular complexity index is 268. The first-order valence-electron chi connectivity index (χ1n) is 4.28. The highest BCUT2D eigenvalue weighted by Gasteiger charge is 2.52. The van der Waals surface area contributed by atoms with Gasteiger partial charge in [-0.1, -0.05) is 11.6 Å². The van der Waals surface area contributed by atoms with Crippen LogP contribution in [0.15, 0.2) is 0 Å². The lowest BCUT2D eigenvalue weighted by Gasteiger charge is -2.25. The molecule has 0 aromatic rings. The van der Waals surface area contributed by atoms with Crippen molar-refractivity contribution < 1.29 is 28.9 Å². The first kappa shape index (κ1) is 12.6. The van der Waals surface area contributed by atoms with Crippen molar-refractivity contribution in [3.63, 3.8) is 0 Å². The van der Waals surface area contributed by atoms with Crippen LogP contribution in [0.5, 0.6) is 0 Å². The fraction of sp³-hybridized carbons (Fsp3) is 0.875. The fourth-order valence-corrected chi connectivity index (χ4v) is 1.37. The summed E-state index contributed by atoms with van der Waals surface area (Å²) in [5, 5.41) is 14.6. The molecule has 0 spiro atoms. The van der Waals surface area contributed by atoms with Crippen LogP contribution in [0.2, 0.25) is 0 Å². The van der Waals surface area contributed by atoms with E-state index >= 15 is 0 Å². The van der Waals surface area contributed by atoms with Crippen molar-refractivity contribution >= 4 is 17.6 Å². The summed E-state index contributed by atoms with van der Waals surface area (Å²) < 4.78 is 23.4. The van der Waals surface area contributed by atoms with Crippen LogP contribution in [0.25, 0.3) is 0 Å². The first-order valence-corrected chi connectivity index (χ1v) is 4.65. The molecule has 5 nitrogen and oxygen atoms in total. The number of carboxylic acids is 1. The standard InChI is InChI=1S/C8H12ClFO5/c1-7(2)14-3-4(15-7)5(11)8(9,10)6(12)13/h4-5,11H,3H2,1-2H3,(H,12,13)/t4-,5?,8+/m1/s1. The molecule has 15 heavy (non-hydrogen) atoms. The summed E-state index contributed by atoms with van der Waals surface area (Å²) in [6.07, 6.45) is -3.09. The fourth-order valence-electron chi connectivity index (χ4n) is 1.23. The number of carboxylic acid groups (broad SMARTS) is 1. The van der Waals surface area contributed by atoms with E-state index in [1.807, 2.05) is 0 Å². The molecule has 88 valence electrons. The largest absolute Gasteiger partial charge is 0.478 e. The van der Waals surface area contributed by atoms with Gasteiger partial charge in [0.15, 0.2) is 5.79 Å². The highest BCUT2D eigenvalue weighted by atomic mass is 35.5. The van der Waals surface area contributed by atoms with E-state index in [9.17, 15) is 14.3 Å². The van der Waals surface area contributed by atoms with Crippen molar-refractivity contribution in [1.82, 2.24) is 0 Å². The SMILES string of the molecule is CC1(C)OC[C@H](C(O)[C@@](F)(Cl)C(=O)O)O1. The Kier molecular flexibility index (Phi) is 3.25. The lowest BCUT2D eigenvalue weighted by atomic mass is 10.1. The van der Waals surface area contributed by atoms with Crippen molar-refractivity contribution in [3.05, 3.63) is 0 Å². The number of aliphatic hydroxyl groups is 1. The van der Waals surface area contributed by atoms with Gasteiger partial charge in [0, 0.05) is 0 Å². The van der Waals surface area contributed by atoms with Crippen molar-refractivity contribution in [3.8, 4) is 0 Å². The molecule has 1 saturated heterocycles. The number of rotatable bonds is 3. The molecule has 1 unspecified atom stereocenters. The van der Waals surface area contributed by atoms with Crippen LogP contribution >= 0.6 is 11.6 Å². The minimum absolute atomic E-state index is 0.111. The summed E-state index contributed by atoms with van der Waals surface area (Å²) in [5.41, 5.74) is 0. The third-order valence-corrected chi connectivity index (χ3v) is 2.42. The lowest BCUT2D eigenvalue weighted by molar-refractivity contribution is -0.171. The maximum atomic E-state index is 13.3. The lowest BCUT2D eigenvalue weighted by Crippen LogP contribution is -2.48. The Morgan fingerprint density at radius 1 is 1.73 bits per heavy atom. The maximum absolute atomic E-state index is 13.3. The van der Waals surface area contributed by atoms with Crippen LogP contribution in [0, 0.1) is 0 Å². The molecule has 0 amide bonds. The van der Waals surface area contributed by atoms with Gasteiger partial charge in [-0.3, -0.25) is 0 Å². The van der Waals surface area contributed by atoms with Gasteiger partial charge in [0.2, 0.25) is 0 Å². The van der Waals surface area contributed by atoms with Crippen LogP contribution in [0.1, 0.15) is 13.8 Å². The van der Waals surface area contributed by atoms with E-state index < -0.39 is 29.1 Å². The van der Waals surface area contributed by atoms with E-state index in [4.69, 9.17) is 26.2 Å². The van der Waals surface area contributed by atoms with Gasteiger partial charge in [-0.2, -0.15) is 0 Å². The molecule has 2 N–H and O–H groups in total. The molecule has 0 aromatic heterocycles. The normalized spacial score (nSPS) is 30.9. The number of carbonyl (C=O) groups is 1. The minimum Gasteiger partial charge on any atom is -0.478 e. The Labute approximate surface area is 90.7 Å². The number of aliphatic hydroxyl groups excluding tert-OH is 1. The molecule has 7 heteroatoms. The van der Waals surface area contributed by atoms with Crippen molar-refractivity contribution in [2.75, 3.05) is 6.61 Å². The van der Waals surface area contributed by atoms with Gasteiger partial charge in [-0.15, -0.1) is 0 Å². The van der Waals surface area contributed by atoms with Crippen molar-refractivity contribution in [2.45, 2.75) is 37.0 Å². The molecule has 0 aliphatic carbocycles. The van der Waals surface area contributed by atoms with E-state index in [0.29, 0.717) is 0 Å². The van der Waals surface area contributed by atoms with E-state index in [-0.39, 0.29) is 6.61 Å². The Morgan fingerprint density at radius 3 is 2.60 bits per heavy atom. The number of hydrogen-bond donors (Lipinski definition) is 2. The van der Waals surface area contributed by atoms with Gasteiger partial charge in [0.1, 0.15) is 12.2 Å². The molecule has 1 heterocycles. The minimum atomic E-state index is -3.27. The topological polar surface area (TPSA) is 76.0 Å². The quantitative estimate of drug-likeness (QED) is 0.705. The average Bonchev–Trinajstić information content (AvgIpc) is 2.44. The van der Waals surface area contributed by atoms with E-state index in [0.717, 1.165) is 0 Å². The zero-order valence-electron chi connectivity index (χ0n) is 8.24. The second kappa shape index (κ2) is 3.86. The number of aliphatic carboxylic acids is 1. The molecule has 0 aromatic carbocycles. The molecule has 0 bridgehead atoms. The molecular weight excluding hydrogens is 231 g/mol. The predicted octanol–water partition coefficient (Wildman–Crippen LogP) is 0.488. The number of halogens is 2. The Balaban J connectivity index is 2.70. The monoisotopic (exact) mass is 242 g/mol. The molecule has 0 saturated carbocycles. The van der Waals surface area contributed by atoms with E-state index in [1.54, 1.807) is 13.8 Å². The zero-order chi connectivity index (χ0) is 11.9. The van der Waals surface area contributed by atoms with Gasteiger partial charge in [-0.25, -0.2) is 9.18 Å². The van der Waals surface area contributed by atoms with Crippen LogP contribution in [0.4, 0.5) is 4.39 Å². The smallest absolute Gasteiger partial charge is 0.360 e. The van der Waals surface area contributed by atoms with Gasteiger partial charge in [-0.05, 0) is 13.8 Å². The maximum Gasteiger partial charge on any atom is 0.360 e. The summed E-state index contributed by atoms with van der Waals surface area (Å²) in [6.45, 7) is 3.02. The second-order valence-corrected chi connectivity index (χ2v) is 4.29. The summed E-state index contributed by atoms with van der Waals surface area (Å²) in [5.74, 6) is -2.93. The molecule has 1 rings (SSSR count). The van der Waals surface area contributed by atoms with E-state index in [2.05, 4.69) is 0 Å². The average molecular weight is 243 g/mol. The summed E-state index contributed by atoms with van der Waals surface area (Å²) in [6, 6.07) is 0. The van der Waals surface area contributed by atoms with Crippen LogP contribution in [-0.4, -0.2) is 45.9 Å². The van der Waals surface area contributed by atoms with E-state index in [1.165, 1.54) is 0 Å². The van der Waals surface area contributed by atoms with Gasteiger partial charge >= 0.3 is 11.1 Å². The van der Waals surface area contributed by atoms with Crippen LogP contribution in [-0.2, 0) is 14.3 Å². The van der Waals surface area contributed by atoms with Crippen molar-refractivity contribution in [2.24, 2.45) is 0 Å². The van der Waals surface area contributed by atoms with Gasteiger partial charge in [0.25, 0.3) is 0 Å². The highest BCUT2D eigenvalue weighted by molar-refractivity contribution is 6.32. The second-order valence-electron chi connectivity index (χ2n) is 3.74. The third kappa shape index (κ3) is 2.57. The predicted molar refractivity (Wildman–Crippen MR) is 48.2 cm³/mol. The first-order chi connectivity index (χ1) is 6.67.